The first-order valence-corrected chi connectivity index (χ1v) is 10.9. The number of ether oxygens (including phenoxy) is 1. The Morgan fingerprint density at radius 2 is 1.87 bits per heavy atom. The smallest absolute Gasteiger partial charge is 0.416 e. The summed E-state index contributed by atoms with van der Waals surface area (Å²) >= 11 is 0. The Labute approximate surface area is 174 Å². The van der Waals surface area contributed by atoms with Crippen molar-refractivity contribution in [3.05, 3.63) is 48.2 Å². The second kappa shape index (κ2) is 8.81. The van der Waals surface area contributed by atoms with Crippen LogP contribution in [0.2, 0.25) is 0 Å². The van der Waals surface area contributed by atoms with Crippen LogP contribution >= 0.6 is 0 Å². The van der Waals surface area contributed by atoms with Gasteiger partial charge < -0.3 is 9.64 Å². The van der Waals surface area contributed by atoms with Gasteiger partial charge in [0.15, 0.2) is 0 Å². The molecule has 0 radical (unpaired) electrons. The molecule has 30 heavy (non-hydrogen) atoms. The van der Waals surface area contributed by atoms with Gasteiger partial charge in [-0.25, -0.2) is 13.4 Å². The zero-order chi connectivity index (χ0) is 21.9. The molecule has 0 N–H and O–H groups in total. The first-order valence-electron chi connectivity index (χ1n) is 9.50. The largest absolute Gasteiger partial charge is 0.495 e. The van der Waals surface area contributed by atoms with Gasteiger partial charge in [0.05, 0.1) is 12.7 Å². The Hall–Kier alpha value is -2.33. The second-order valence-electron chi connectivity index (χ2n) is 7.28. The molecule has 1 fully saturated rings. The van der Waals surface area contributed by atoms with Gasteiger partial charge in [-0.15, -0.1) is 0 Å². The fourth-order valence-corrected chi connectivity index (χ4v) is 5.21. The zero-order valence-electron chi connectivity index (χ0n) is 16.8. The SMILES string of the molecule is COc1ccccc1S(=O)(=O)N1CCC(CN(C)c2cc(C(F)(F)F)ccn2)CC1. The molecule has 0 spiro atoms. The number of halogens is 3. The summed E-state index contributed by atoms with van der Waals surface area (Å²) in [7, 11) is -0.550. The summed E-state index contributed by atoms with van der Waals surface area (Å²) in [5.41, 5.74) is -0.739. The molecule has 0 unspecified atom stereocenters. The van der Waals surface area contributed by atoms with Gasteiger partial charge >= 0.3 is 6.18 Å². The molecule has 0 aliphatic carbocycles. The molecule has 1 saturated heterocycles. The van der Waals surface area contributed by atoms with E-state index < -0.39 is 21.8 Å². The third-order valence-electron chi connectivity index (χ3n) is 5.26. The molecule has 2 aromatic rings. The van der Waals surface area contributed by atoms with Gasteiger partial charge in [-0.2, -0.15) is 17.5 Å². The van der Waals surface area contributed by atoms with Crippen molar-refractivity contribution in [1.29, 1.82) is 0 Å². The van der Waals surface area contributed by atoms with Crippen LogP contribution < -0.4 is 9.64 Å². The van der Waals surface area contributed by atoms with Crippen LogP contribution in [0, 0.1) is 5.92 Å². The molecule has 10 heteroatoms. The van der Waals surface area contributed by atoms with Crippen LogP contribution in [-0.4, -0.2) is 51.5 Å². The topological polar surface area (TPSA) is 62.7 Å². The molecule has 1 aliphatic rings. The molecular weight excluding hydrogens is 419 g/mol. The number of sulfonamides is 1. The Morgan fingerprint density at radius 1 is 1.20 bits per heavy atom. The summed E-state index contributed by atoms with van der Waals surface area (Å²) in [5.74, 6) is 0.694. The number of para-hydroxylation sites is 1. The van der Waals surface area contributed by atoms with Crippen LogP contribution in [-0.2, 0) is 16.2 Å². The van der Waals surface area contributed by atoms with Gasteiger partial charge in [-0.05, 0) is 43.0 Å². The molecule has 164 valence electrons. The number of piperidine rings is 1. The lowest BCUT2D eigenvalue weighted by atomic mass is 9.97. The van der Waals surface area contributed by atoms with E-state index >= 15 is 0 Å². The number of aromatic nitrogens is 1. The first-order chi connectivity index (χ1) is 14.1. The minimum absolute atomic E-state index is 0.135. The number of anilines is 1. The van der Waals surface area contributed by atoms with Crippen LogP contribution in [0.5, 0.6) is 5.75 Å². The summed E-state index contributed by atoms with van der Waals surface area (Å²) in [4.78, 5) is 5.86. The van der Waals surface area contributed by atoms with E-state index in [1.165, 1.54) is 17.5 Å². The number of hydrogen-bond acceptors (Lipinski definition) is 5. The van der Waals surface area contributed by atoms with Crippen molar-refractivity contribution in [3.8, 4) is 5.75 Å². The molecule has 0 atom stereocenters. The molecule has 0 bridgehead atoms. The van der Waals surface area contributed by atoms with Gasteiger partial charge in [0.1, 0.15) is 16.5 Å². The van der Waals surface area contributed by atoms with Gasteiger partial charge in [-0.3, -0.25) is 0 Å². The van der Waals surface area contributed by atoms with Crippen LogP contribution in [0.4, 0.5) is 19.0 Å². The normalized spacial score (nSPS) is 16.4. The van der Waals surface area contributed by atoms with Crippen molar-refractivity contribution in [2.24, 2.45) is 5.92 Å². The van der Waals surface area contributed by atoms with Gasteiger partial charge in [0.25, 0.3) is 0 Å². The fourth-order valence-electron chi connectivity index (χ4n) is 3.59. The van der Waals surface area contributed by atoms with Gasteiger partial charge in [0, 0.05) is 32.9 Å². The summed E-state index contributed by atoms with van der Waals surface area (Å²) in [6.07, 6.45) is -2.05. The highest BCUT2D eigenvalue weighted by Crippen LogP contribution is 2.32. The highest BCUT2D eigenvalue weighted by atomic mass is 32.2. The zero-order valence-corrected chi connectivity index (χ0v) is 17.6. The number of alkyl halides is 3. The minimum Gasteiger partial charge on any atom is -0.495 e. The van der Waals surface area contributed by atoms with Crippen molar-refractivity contribution >= 4 is 15.8 Å². The highest BCUT2D eigenvalue weighted by Gasteiger charge is 2.33. The summed E-state index contributed by atoms with van der Waals surface area (Å²) < 4.78 is 71.3. The monoisotopic (exact) mass is 443 g/mol. The average Bonchev–Trinajstić information content (AvgIpc) is 2.73. The first kappa shape index (κ1) is 22.4. The Balaban J connectivity index is 1.63. The molecule has 2 heterocycles. The van der Waals surface area contributed by atoms with Crippen LogP contribution in [0.1, 0.15) is 18.4 Å². The number of pyridine rings is 1. The van der Waals surface area contributed by atoms with E-state index in [0.717, 1.165) is 18.3 Å². The number of rotatable bonds is 6. The van der Waals surface area contributed by atoms with E-state index in [1.807, 2.05) is 0 Å². The summed E-state index contributed by atoms with van der Waals surface area (Å²) in [6, 6.07) is 8.46. The minimum atomic E-state index is -4.42. The maximum atomic E-state index is 13.0. The lowest BCUT2D eigenvalue weighted by Gasteiger charge is -2.33. The van der Waals surface area contributed by atoms with Crippen LogP contribution in [0.15, 0.2) is 47.5 Å². The molecule has 1 aromatic carbocycles. The molecule has 0 saturated carbocycles. The van der Waals surface area contributed by atoms with Crippen LogP contribution in [0.3, 0.4) is 0 Å². The molecule has 1 aliphatic heterocycles. The van der Waals surface area contributed by atoms with Gasteiger partial charge in [-0.1, -0.05) is 12.1 Å². The molecule has 1 aromatic heterocycles. The summed E-state index contributed by atoms with van der Waals surface area (Å²) in [5, 5.41) is 0. The average molecular weight is 443 g/mol. The molecule has 6 nitrogen and oxygen atoms in total. The third kappa shape index (κ3) is 4.86. The van der Waals surface area contributed by atoms with E-state index in [9.17, 15) is 21.6 Å². The maximum absolute atomic E-state index is 13.0. The lowest BCUT2D eigenvalue weighted by molar-refractivity contribution is -0.137. The van der Waals surface area contributed by atoms with E-state index in [4.69, 9.17) is 4.74 Å². The molecule has 0 amide bonds. The number of hydrogen-bond donors (Lipinski definition) is 0. The van der Waals surface area contributed by atoms with E-state index in [-0.39, 0.29) is 16.6 Å². The van der Waals surface area contributed by atoms with E-state index in [0.29, 0.717) is 38.2 Å². The standard InChI is InChI=1S/C20H24F3N3O3S/c1-25(19-13-16(7-10-24-19)20(21,22)23)14-15-8-11-26(12-9-15)30(27,28)18-6-4-3-5-17(18)29-2/h3-7,10,13,15H,8-9,11-12,14H2,1-2H3. The second-order valence-corrected chi connectivity index (χ2v) is 9.19. The van der Waals surface area contributed by atoms with Crippen molar-refractivity contribution in [2.45, 2.75) is 23.9 Å². The van der Waals surface area contributed by atoms with E-state index in [2.05, 4.69) is 4.98 Å². The highest BCUT2D eigenvalue weighted by molar-refractivity contribution is 7.89. The Kier molecular flexibility index (Phi) is 6.56. The fraction of sp³-hybridized carbons (Fsp3) is 0.450. The van der Waals surface area contributed by atoms with Crippen molar-refractivity contribution < 1.29 is 26.3 Å². The Morgan fingerprint density at radius 3 is 2.50 bits per heavy atom. The number of methoxy groups -OCH3 is 1. The van der Waals surface area contributed by atoms with Crippen molar-refractivity contribution in [2.75, 3.05) is 38.7 Å². The number of nitrogens with zero attached hydrogens (tertiary/aromatic N) is 3. The lowest BCUT2D eigenvalue weighted by Crippen LogP contribution is -2.41. The third-order valence-corrected chi connectivity index (χ3v) is 7.19. The quantitative estimate of drug-likeness (QED) is 0.682. The Bertz CT molecular complexity index is 975. The van der Waals surface area contributed by atoms with Crippen molar-refractivity contribution in [1.82, 2.24) is 9.29 Å². The predicted octanol–water partition coefficient (Wildman–Crippen LogP) is 3.65. The van der Waals surface area contributed by atoms with Crippen LogP contribution in [0.25, 0.3) is 0 Å². The van der Waals surface area contributed by atoms with E-state index in [1.54, 1.807) is 30.1 Å². The number of benzene rings is 1. The van der Waals surface area contributed by atoms with Crippen molar-refractivity contribution in [3.63, 3.8) is 0 Å². The van der Waals surface area contributed by atoms with Gasteiger partial charge in [0.2, 0.25) is 10.0 Å². The molecule has 3 rings (SSSR count). The molecular formula is C20H24F3N3O3S. The maximum Gasteiger partial charge on any atom is 0.416 e. The summed E-state index contributed by atoms with van der Waals surface area (Å²) in [6.45, 7) is 1.18. The predicted molar refractivity (Wildman–Crippen MR) is 107 cm³/mol.